The molecule has 18 heavy (non-hydrogen) atoms. The van der Waals surface area contributed by atoms with Gasteiger partial charge in [-0.3, -0.25) is 4.79 Å². The Hall–Kier alpha value is -2.04. The van der Waals surface area contributed by atoms with E-state index in [2.05, 4.69) is 21.9 Å². The largest absolute Gasteiger partial charge is 0.335 e. The van der Waals surface area contributed by atoms with Crippen molar-refractivity contribution in [1.29, 1.82) is 0 Å². The predicted molar refractivity (Wildman–Crippen MR) is 67.3 cm³/mol. The highest BCUT2D eigenvalue weighted by Crippen LogP contribution is 2.05. The summed E-state index contributed by atoms with van der Waals surface area (Å²) in [5.41, 5.74) is 0.452. The smallest absolute Gasteiger partial charge is 0.188 e. The van der Waals surface area contributed by atoms with E-state index in [0.717, 1.165) is 18.8 Å². The van der Waals surface area contributed by atoms with Crippen LogP contribution in [0, 0.1) is 6.92 Å². The zero-order valence-corrected chi connectivity index (χ0v) is 10.6. The van der Waals surface area contributed by atoms with Gasteiger partial charge in [-0.25, -0.2) is 15.0 Å². The van der Waals surface area contributed by atoms with Crippen molar-refractivity contribution in [2.45, 2.75) is 33.2 Å². The van der Waals surface area contributed by atoms with Crippen molar-refractivity contribution in [3.63, 3.8) is 0 Å². The molecule has 2 heterocycles. The van der Waals surface area contributed by atoms with Crippen LogP contribution in [0.5, 0.6) is 0 Å². The van der Waals surface area contributed by atoms with Crippen molar-refractivity contribution in [3.8, 4) is 0 Å². The minimum absolute atomic E-state index is 0.0240. The maximum Gasteiger partial charge on any atom is 0.188 e. The van der Waals surface area contributed by atoms with Crippen molar-refractivity contribution in [1.82, 2.24) is 19.5 Å². The Morgan fingerprint density at radius 2 is 2.17 bits per heavy atom. The van der Waals surface area contributed by atoms with E-state index < -0.39 is 0 Å². The van der Waals surface area contributed by atoms with Crippen molar-refractivity contribution >= 4 is 5.78 Å². The Morgan fingerprint density at radius 3 is 2.89 bits per heavy atom. The first-order valence-electron chi connectivity index (χ1n) is 6.03. The quantitative estimate of drug-likeness (QED) is 0.753. The third-order valence-corrected chi connectivity index (χ3v) is 2.65. The fraction of sp³-hybridized carbons (Fsp3) is 0.385. The first-order chi connectivity index (χ1) is 8.70. The zero-order valence-electron chi connectivity index (χ0n) is 10.6. The molecule has 0 spiro atoms. The van der Waals surface area contributed by atoms with E-state index in [-0.39, 0.29) is 12.2 Å². The van der Waals surface area contributed by atoms with Crippen molar-refractivity contribution < 1.29 is 4.79 Å². The number of aromatic nitrogens is 4. The number of carbonyl (C=O) groups is 1. The Labute approximate surface area is 106 Å². The lowest BCUT2D eigenvalue weighted by molar-refractivity contribution is 0.0984. The van der Waals surface area contributed by atoms with Gasteiger partial charge in [-0.15, -0.1) is 0 Å². The number of aryl methyl sites for hydroxylation is 2. The van der Waals surface area contributed by atoms with Crippen LogP contribution < -0.4 is 0 Å². The molecule has 0 fully saturated rings. The van der Waals surface area contributed by atoms with Gasteiger partial charge in [-0.2, -0.15) is 0 Å². The van der Waals surface area contributed by atoms with E-state index in [9.17, 15) is 4.79 Å². The molecule has 0 unspecified atom stereocenters. The standard InChI is InChI=1S/C13H16N4O/c1-3-7-17-8-6-15-13(17)9-12(18)11-4-5-14-10(2)16-11/h4-6,8H,3,7,9H2,1-2H3. The molecule has 0 radical (unpaired) electrons. The maximum absolute atomic E-state index is 12.1. The van der Waals surface area contributed by atoms with Crippen LogP contribution in [-0.2, 0) is 13.0 Å². The Bertz CT molecular complexity index is 547. The number of rotatable bonds is 5. The van der Waals surface area contributed by atoms with Gasteiger partial charge in [-0.05, 0) is 19.4 Å². The highest BCUT2D eigenvalue weighted by Gasteiger charge is 2.12. The molecule has 0 bridgehead atoms. The van der Waals surface area contributed by atoms with Crippen LogP contribution in [0.15, 0.2) is 24.7 Å². The second-order valence-corrected chi connectivity index (χ2v) is 4.13. The summed E-state index contributed by atoms with van der Waals surface area (Å²) in [4.78, 5) is 24.4. The average Bonchev–Trinajstić information content (AvgIpc) is 2.77. The van der Waals surface area contributed by atoms with Crippen LogP contribution in [0.4, 0.5) is 0 Å². The van der Waals surface area contributed by atoms with Gasteiger partial charge >= 0.3 is 0 Å². The molecule has 5 heteroatoms. The van der Waals surface area contributed by atoms with Gasteiger partial charge in [0.05, 0.1) is 6.42 Å². The molecule has 0 N–H and O–H groups in total. The van der Waals surface area contributed by atoms with E-state index >= 15 is 0 Å². The first kappa shape index (κ1) is 12.4. The van der Waals surface area contributed by atoms with Gasteiger partial charge in [-0.1, -0.05) is 6.92 Å². The first-order valence-corrected chi connectivity index (χ1v) is 6.03. The number of ketones is 1. The molecular weight excluding hydrogens is 228 g/mol. The molecule has 0 aromatic carbocycles. The Balaban J connectivity index is 2.14. The predicted octanol–water partition coefficient (Wildman–Crippen LogP) is 1.82. The summed E-state index contributed by atoms with van der Waals surface area (Å²) in [7, 11) is 0. The number of nitrogens with zero attached hydrogens (tertiary/aromatic N) is 4. The van der Waals surface area contributed by atoms with Crippen LogP contribution in [-0.4, -0.2) is 25.3 Å². The molecule has 0 amide bonds. The summed E-state index contributed by atoms with van der Waals surface area (Å²) in [5.74, 6) is 1.37. The van der Waals surface area contributed by atoms with Crippen LogP contribution in [0.3, 0.4) is 0 Å². The van der Waals surface area contributed by atoms with E-state index in [1.165, 1.54) is 0 Å². The summed E-state index contributed by atoms with van der Waals surface area (Å²) < 4.78 is 2.01. The summed E-state index contributed by atoms with van der Waals surface area (Å²) in [5, 5.41) is 0. The summed E-state index contributed by atoms with van der Waals surface area (Å²) >= 11 is 0. The molecule has 94 valence electrons. The SMILES string of the molecule is CCCn1ccnc1CC(=O)c1ccnc(C)n1. The Kier molecular flexibility index (Phi) is 3.82. The van der Waals surface area contributed by atoms with E-state index in [1.54, 1.807) is 25.4 Å². The maximum atomic E-state index is 12.1. The molecule has 0 aliphatic rings. The van der Waals surface area contributed by atoms with E-state index in [1.807, 2.05) is 10.8 Å². The molecule has 5 nitrogen and oxygen atoms in total. The van der Waals surface area contributed by atoms with E-state index in [0.29, 0.717) is 11.5 Å². The van der Waals surface area contributed by atoms with Gasteiger partial charge in [0.1, 0.15) is 17.3 Å². The second kappa shape index (κ2) is 5.53. The second-order valence-electron chi connectivity index (χ2n) is 4.13. The minimum atomic E-state index is -0.0240. The van der Waals surface area contributed by atoms with Crippen LogP contribution in [0.2, 0.25) is 0 Å². The van der Waals surface area contributed by atoms with Gasteiger partial charge in [0.15, 0.2) is 5.78 Å². The molecule has 0 atom stereocenters. The molecule has 0 saturated heterocycles. The summed E-state index contributed by atoms with van der Waals surface area (Å²) in [6.45, 7) is 4.75. The topological polar surface area (TPSA) is 60.7 Å². The molecule has 0 saturated carbocycles. The Morgan fingerprint density at radius 1 is 1.33 bits per heavy atom. The van der Waals surface area contributed by atoms with E-state index in [4.69, 9.17) is 0 Å². The third-order valence-electron chi connectivity index (χ3n) is 2.65. The lowest BCUT2D eigenvalue weighted by Gasteiger charge is -2.05. The summed E-state index contributed by atoms with van der Waals surface area (Å²) in [6.07, 6.45) is 6.53. The summed E-state index contributed by atoms with van der Waals surface area (Å²) in [6, 6.07) is 1.64. The highest BCUT2D eigenvalue weighted by atomic mass is 16.1. The monoisotopic (exact) mass is 244 g/mol. The highest BCUT2D eigenvalue weighted by molar-refractivity contribution is 5.95. The van der Waals surface area contributed by atoms with Crippen molar-refractivity contribution in [3.05, 3.63) is 42.0 Å². The van der Waals surface area contributed by atoms with Crippen molar-refractivity contribution in [2.75, 3.05) is 0 Å². The van der Waals surface area contributed by atoms with Crippen LogP contribution >= 0.6 is 0 Å². The van der Waals surface area contributed by atoms with Crippen molar-refractivity contribution in [2.24, 2.45) is 0 Å². The average molecular weight is 244 g/mol. The fourth-order valence-electron chi connectivity index (χ4n) is 1.80. The number of Topliss-reactive ketones (excluding diaryl/α,β-unsaturated/α-hetero) is 1. The normalized spacial score (nSPS) is 10.6. The number of imidazole rings is 1. The minimum Gasteiger partial charge on any atom is -0.335 e. The number of hydrogen-bond donors (Lipinski definition) is 0. The lowest BCUT2D eigenvalue weighted by atomic mass is 10.2. The molecule has 0 aliphatic heterocycles. The van der Waals surface area contributed by atoms with Crippen LogP contribution in [0.25, 0.3) is 0 Å². The van der Waals surface area contributed by atoms with Crippen LogP contribution in [0.1, 0.15) is 35.5 Å². The third kappa shape index (κ3) is 2.80. The number of hydrogen-bond acceptors (Lipinski definition) is 4. The number of carbonyl (C=O) groups excluding carboxylic acids is 1. The van der Waals surface area contributed by atoms with Gasteiger partial charge in [0, 0.05) is 25.1 Å². The van der Waals surface area contributed by atoms with Gasteiger partial charge in [0.2, 0.25) is 0 Å². The van der Waals surface area contributed by atoms with Gasteiger partial charge in [0.25, 0.3) is 0 Å². The molecule has 2 rings (SSSR count). The zero-order chi connectivity index (χ0) is 13.0. The lowest BCUT2D eigenvalue weighted by Crippen LogP contribution is -2.12. The molecular formula is C13H16N4O. The molecule has 2 aromatic heterocycles. The van der Waals surface area contributed by atoms with Gasteiger partial charge < -0.3 is 4.57 Å². The molecule has 2 aromatic rings. The molecule has 0 aliphatic carbocycles. The fourth-order valence-corrected chi connectivity index (χ4v) is 1.80.